The lowest BCUT2D eigenvalue weighted by Crippen LogP contribution is -2.33. The van der Waals surface area contributed by atoms with E-state index < -0.39 is 0 Å². The quantitative estimate of drug-likeness (QED) is 0.723. The summed E-state index contributed by atoms with van der Waals surface area (Å²) >= 11 is 1.34. The predicted molar refractivity (Wildman–Crippen MR) is 84.2 cm³/mol. The summed E-state index contributed by atoms with van der Waals surface area (Å²) in [4.78, 5) is 17.0. The highest BCUT2D eigenvalue weighted by molar-refractivity contribution is 7.18. The van der Waals surface area contributed by atoms with Crippen LogP contribution in [0.25, 0.3) is 0 Å². The summed E-state index contributed by atoms with van der Waals surface area (Å²) in [6, 6.07) is 0.666. The van der Waals surface area contributed by atoms with Crippen LogP contribution in [0, 0.1) is 5.92 Å². The molecule has 0 aliphatic heterocycles. The first-order valence-corrected chi connectivity index (χ1v) is 8.15. The third-order valence-corrected chi connectivity index (χ3v) is 4.60. The van der Waals surface area contributed by atoms with Crippen LogP contribution in [0.4, 0.5) is 10.9 Å². The molecule has 1 amide bonds. The highest BCUT2D eigenvalue weighted by Crippen LogP contribution is 2.30. The third kappa shape index (κ3) is 4.10. The Bertz CT molecular complexity index is 470. The third-order valence-electron chi connectivity index (χ3n) is 3.59. The SMILES string of the molecule is CCC(C)CC(C)NC(=O)c1sc(NC2CC2)nc1N. The minimum atomic E-state index is -0.111. The first-order chi connectivity index (χ1) is 9.49. The summed E-state index contributed by atoms with van der Waals surface area (Å²) in [5.74, 6) is 0.822. The summed E-state index contributed by atoms with van der Waals surface area (Å²) in [7, 11) is 0. The van der Waals surface area contributed by atoms with E-state index >= 15 is 0 Å². The average Bonchev–Trinajstić information content (AvgIpc) is 3.11. The largest absolute Gasteiger partial charge is 0.382 e. The molecule has 0 aromatic carbocycles. The number of hydrogen-bond donors (Lipinski definition) is 3. The van der Waals surface area contributed by atoms with E-state index in [2.05, 4.69) is 29.5 Å². The lowest BCUT2D eigenvalue weighted by molar-refractivity contribution is 0.0940. The van der Waals surface area contributed by atoms with Gasteiger partial charge < -0.3 is 16.4 Å². The molecule has 1 saturated carbocycles. The van der Waals surface area contributed by atoms with Gasteiger partial charge in [0.15, 0.2) is 5.13 Å². The highest BCUT2D eigenvalue weighted by atomic mass is 32.1. The standard InChI is InChI=1S/C14H24N4OS/c1-4-8(2)7-9(3)16-13(19)11-12(15)18-14(20-11)17-10-5-6-10/h8-10H,4-7,15H2,1-3H3,(H,16,19)(H,17,18). The van der Waals surface area contributed by atoms with Crippen molar-refractivity contribution < 1.29 is 4.79 Å². The van der Waals surface area contributed by atoms with E-state index in [0.29, 0.717) is 22.7 Å². The summed E-state index contributed by atoms with van der Waals surface area (Å²) in [6.07, 6.45) is 4.45. The van der Waals surface area contributed by atoms with Crippen LogP contribution in [0.5, 0.6) is 0 Å². The fourth-order valence-corrected chi connectivity index (χ4v) is 2.94. The van der Waals surface area contributed by atoms with Crippen molar-refractivity contribution in [3.63, 3.8) is 0 Å². The molecule has 0 bridgehead atoms. The van der Waals surface area contributed by atoms with Crippen molar-refractivity contribution in [2.45, 2.75) is 58.5 Å². The molecule has 0 saturated heterocycles. The zero-order valence-electron chi connectivity index (χ0n) is 12.4. The maximum Gasteiger partial charge on any atom is 0.265 e. The van der Waals surface area contributed by atoms with E-state index in [4.69, 9.17) is 5.73 Å². The molecule has 4 N–H and O–H groups in total. The normalized spacial score (nSPS) is 17.6. The molecular weight excluding hydrogens is 272 g/mol. The van der Waals surface area contributed by atoms with Gasteiger partial charge in [-0.1, -0.05) is 31.6 Å². The van der Waals surface area contributed by atoms with Crippen LogP contribution in [-0.2, 0) is 0 Å². The molecule has 0 radical (unpaired) electrons. The molecule has 112 valence electrons. The van der Waals surface area contributed by atoms with Crippen molar-refractivity contribution in [1.29, 1.82) is 0 Å². The summed E-state index contributed by atoms with van der Waals surface area (Å²) in [5, 5.41) is 7.04. The van der Waals surface area contributed by atoms with Gasteiger partial charge in [-0.05, 0) is 32.1 Å². The highest BCUT2D eigenvalue weighted by Gasteiger charge is 2.24. The second kappa shape index (κ2) is 6.43. The molecule has 20 heavy (non-hydrogen) atoms. The second-order valence-corrected chi connectivity index (χ2v) is 6.77. The van der Waals surface area contributed by atoms with E-state index in [9.17, 15) is 4.79 Å². The van der Waals surface area contributed by atoms with Crippen molar-refractivity contribution in [2.75, 3.05) is 11.1 Å². The van der Waals surface area contributed by atoms with Gasteiger partial charge in [-0.15, -0.1) is 0 Å². The molecule has 2 atom stereocenters. The van der Waals surface area contributed by atoms with E-state index in [1.54, 1.807) is 0 Å². The Balaban J connectivity index is 1.92. The number of hydrogen-bond acceptors (Lipinski definition) is 5. The van der Waals surface area contributed by atoms with Crippen LogP contribution in [0.1, 0.15) is 56.1 Å². The Morgan fingerprint density at radius 3 is 2.80 bits per heavy atom. The molecule has 1 aliphatic rings. The lowest BCUT2D eigenvalue weighted by atomic mass is 10.0. The van der Waals surface area contributed by atoms with E-state index in [-0.39, 0.29) is 11.9 Å². The van der Waals surface area contributed by atoms with E-state index in [1.807, 2.05) is 6.92 Å². The van der Waals surface area contributed by atoms with Crippen LogP contribution >= 0.6 is 11.3 Å². The molecule has 2 rings (SSSR count). The van der Waals surface area contributed by atoms with Gasteiger partial charge in [-0.3, -0.25) is 4.79 Å². The molecule has 1 aromatic heterocycles. The second-order valence-electron chi connectivity index (χ2n) is 5.78. The number of amides is 1. The monoisotopic (exact) mass is 296 g/mol. The number of thiazole rings is 1. The molecule has 1 aliphatic carbocycles. The Morgan fingerprint density at radius 1 is 1.50 bits per heavy atom. The number of rotatable bonds is 7. The maximum absolute atomic E-state index is 12.2. The molecule has 2 unspecified atom stereocenters. The van der Waals surface area contributed by atoms with Crippen molar-refractivity contribution in [1.82, 2.24) is 10.3 Å². The van der Waals surface area contributed by atoms with Gasteiger partial charge >= 0.3 is 0 Å². The van der Waals surface area contributed by atoms with E-state index in [0.717, 1.165) is 18.0 Å². The minimum absolute atomic E-state index is 0.111. The first kappa shape index (κ1) is 15.1. The fraction of sp³-hybridized carbons (Fsp3) is 0.714. The van der Waals surface area contributed by atoms with Crippen LogP contribution < -0.4 is 16.4 Å². The van der Waals surface area contributed by atoms with E-state index in [1.165, 1.54) is 24.2 Å². The van der Waals surface area contributed by atoms with Gasteiger partial charge in [0, 0.05) is 12.1 Å². The van der Waals surface area contributed by atoms with Gasteiger partial charge in [0.2, 0.25) is 0 Å². The maximum atomic E-state index is 12.2. The summed E-state index contributed by atoms with van der Waals surface area (Å²) < 4.78 is 0. The number of nitrogen functional groups attached to an aromatic ring is 1. The number of carbonyl (C=O) groups excluding carboxylic acids is 1. The number of nitrogens with zero attached hydrogens (tertiary/aromatic N) is 1. The number of nitrogens with two attached hydrogens (primary N) is 1. The molecule has 1 aromatic rings. The van der Waals surface area contributed by atoms with Gasteiger partial charge in [-0.25, -0.2) is 4.98 Å². The summed E-state index contributed by atoms with van der Waals surface area (Å²) in [5.41, 5.74) is 5.84. The van der Waals surface area contributed by atoms with Gasteiger partial charge in [0.25, 0.3) is 5.91 Å². The number of anilines is 2. The molecule has 6 heteroatoms. The zero-order valence-corrected chi connectivity index (χ0v) is 13.2. The molecular formula is C14H24N4OS. The van der Waals surface area contributed by atoms with Crippen LogP contribution in [0.15, 0.2) is 0 Å². The van der Waals surface area contributed by atoms with Crippen LogP contribution in [0.3, 0.4) is 0 Å². The van der Waals surface area contributed by atoms with Crippen molar-refractivity contribution in [3.05, 3.63) is 4.88 Å². The first-order valence-electron chi connectivity index (χ1n) is 7.33. The number of carbonyl (C=O) groups is 1. The molecule has 1 heterocycles. The zero-order chi connectivity index (χ0) is 14.7. The molecule has 1 fully saturated rings. The smallest absolute Gasteiger partial charge is 0.265 e. The Kier molecular flexibility index (Phi) is 4.86. The van der Waals surface area contributed by atoms with Gasteiger partial charge in [-0.2, -0.15) is 0 Å². The number of nitrogens with one attached hydrogen (secondary N) is 2. The Morgan fingerprint density at radius 2 is 2.20 bits per heavy atom. The van der Waals surface area contributed by atoms with Crippen molar-refractivity contribution in [3.8, 4) is 0 Å². The topological polar surface area (TPSA) is 80.0 Å². The lowest BCUT2D eigenvalue weighted by Gasteiger charge is -2.17. The average molecular weight is 296 g/mol. The Labute approximate surface area is 124 Å². The van der Waals surface area contributed by atoms with Crippen LogP contribution in [0.2, 0.25) is 0 Å². The van der Waals surface area contributed by atoms with Gasteiger partial charge in [0.1, 0.15) is 10.7 Å². The Hall–Kier alpha value is -1.30. The van der Waals surface area contributed by atoms with Gasteiger partial charge in [0.05, 0.1) is 0 Å². The minimum Gasteiger partial charge on any atom is -0.382 e. The van der Waals surface area contributed by atoms with Crippen molar-refractivity contribution >= 4 is 28.2 Å². The summed E-state index contributed by atoms with van der Waals surface area (Å²) in [6.45, 7) is 6.39. The molecule has 0 spiro atoms. The molecule has 5 nitrogen and oxygen atoms in total. The fourth-order valence-electron chi connectivity index (χ4n) is 2.08. The van der Waals surface area contributed by atoms with Crippen molar-refractivity contribution in [2.24, 2.45) is 5.92 Å². The number of aromatic nitrogens is 1. The predicted octanol–water partition coefficient (Wildman–Crippen LogP) is 2.85. The van der Waals surface area contributed by atoms with Crippen LogP contribution in [-0.4, -0.2) is 23.0 Å².